The highest BCUT2D eigenvalue weighted by Crippen LogP contribution is 2.26. The Morgan fingerprint density at radius 2 is 1.85 bits per heavy atom. The second-order valence-corrected chi connectivity index (χ2v) is 4.63. The molecule has 1 N–H and O–H groups in total. The Labute approximate surface area is 79.2 Å². The molecule has 0 atom stereocenters. The van der Waals surface area contributed by atoms with Crippen LogP contribution in [0.1, 0.15) is 38.5 Å². The summed E-state index contributed by atoms with van der Waals surface area (Å²) >= 11 is 0. The minimum atomic E-state index is -4.22. The monoisotopic (exact) mass is 208 g/mol. The molecule has 4 nitrogen and oxygen atoms in total. The van der Waals surface area contributed by atoms with Crippen LogP contribution in [-0.2, 0) is 14.6 Å². The summed E-state index contributed by atoms with van der Waals surface area (Å²) in [6.45, 7) is 0.115. The molecular weight excluding hydrogens is 192 g/mol. The zero-order valence-electron chi connectivity index (χ0n) is 7.61. The molecule has 5 heteroatoms. The van der Waals surface area contributed by atoms with Gasteiger partial charge in [0.15, 0.2) is 0 Å². The van der Waals surface area contributed by atoms with Crippen molar-refractivity contribution in [2.45, 2.75) is 38.5 Å². The summed E-state index contributed by atoms with van der Waals surface area (Å²) in [5, 5.41) is 0. The average Bonchev–Trinajstić information content (AvgIpc) is 2.04. The molecule has 0 aromatic carbocycles. The third-order valence-electron chi connectivity index (χ3n) is 2.48. The standard InChI is InChI=1S/C8H16O4S/c9-13(10,11)12-7-6-8-4-2-1-3-5-8/h8H,1-7H2,(H,9,10,11). The summed E-state index contributed by atoms with van der Waals surface area (Å²) in [6.07, 6.45) is 6.81. The second-order valence-electron chi connectivity index (χ2n) is 3.54. The molecule has 0 aromatic heterocycles. The van der Waals surface area contributed by atoms with Crippen molar-refractivity contribution >= 4 is 10.4 Å². The van der Waals surface area contributed by atoms with Gasteiger partial charge in [0, 0.05) is 0 Å². The average molecular weight is 208 g/mol. The molecule has 1 fully saturated rings. The Morgan fingerprint density at radius 1 is 1.23 bits per heavy atom. The first-order chi connectivity index (χ1) is 6.08. The first-order valence-electron chi connectivity index (χ1n) is 4.70. The van der Waals surface area contributed by atoms with E-state index in [0.29, 0.717) is 5.92 Å². The van der Waals surface area contributed by atoms with Gasteiger partial charge in [0.05, 0.1) is 6.61 Å². The smallest absolute Gasteiger partial charge is 0.264 e. The molecule has 1 aliphatic rings. The lowest BCUT2D eigenvalue weighted by molar-refractivity contribution is 0.226. The van der Waals surface area contributed by atoms with Gasteiger partial charge in [-0.25, -0.2) is 4.18 Å². The summed E-state index contributed by atoms with van der Waals surface area (Å²) in [6, 6.07) is 0. The van der Waals surface area contributed by atoms with E-state index in [1.807, 2.05) is 0 Å². The van der Waals surface area contributed by atoms with Gasteiger partial charge in [-0.05, 0) is 12.3 Å². The van der Waals surface area contributed by atoms with Crippen LogP contribution in [0.3, 0.4) is 0 Å². The number of hydrogen-bond acceptors (Lipinski definition) is 3. The molecular formula is C8H16O4S. The van der Waals surface area contributed by atoms with Gasteiger partial charge in [-0.1, -0.05) is 32.1 Å². The van der Waals surface area contributed by atoms with Crippen molar-refractivity contribution in [2.75, 3.05) is 6.61 Å². The van der Waals surface area contributed by atoms with Gasteiger partial charge in [0.2, 0.25) is 0 Å². The van der Waals surface area contributed by atoms with Crippen molar-refractivity contribution in [2.24, 2.45) is 5.92 Å². The van der Waals surface area contributed by atoms with Crippen molar-refractivity contribution in [3.05, 3.63) is 0 Å². The topological polar surface area (TPSA) is 63.6 Å². The first kappa shape index (κ1) is 10.9. The van der Waals surface area contributed by atoms with Crippen LogP contribution in [0, 0.1) is 5.92 Å². The normalized spacial score (nSPS) is 20.4. The summed E-state index contributed by atoms with van der Waals surface area (Å²) in [4.78, 5) is 0. The van der Waals surface area contributed by atoms with E-state index in [-0.39, 0.29) is 6.61 Å². The lowest BCUT2D eigenvalue weighted by Gasteiger charge is -2.20. The maximum atomic E-state index is 10.2. The Morgan fingerprint density at radius 3 is 2.38 bits per heavy atom. The van der Waals surface area contributed by atoms with Gasteiger partial charge >= 0.3 is 10.4 Å². The van der Waals surface area contributed by atoms with Crippen molar-refractivity contribution in [3.63, 3.8) is 0 Å². The van der Waals surface area contributed by atoms with Crippen LogP contribution in [0.2, 0.25) is 0 Å². The fourth-order valence-corrected chi connectivity index (χ4v) is 2.10. The van der Waals surface area contributed by atoms with E-state index >= 15 is 0 Å². The van der Waals surface area contributed by atoms with Crippen LogP contribution in [0.15, 0.2) is 0 Å². The molecule has 78 valence electrons. The minimum absolute atomic E-state index is 0.115. The highest BCUT2D eigenvalue weighted by atomic mass is 32.3. The van der Waals surface area contributed by atoms with Crippen LogP contribution in [0.25, 0.3) is 0 Å². The quantitative estimate of drug-likeness (QED) is 0.715. The molecule has 0 radical (unpaired) electrons. The number of rotatable bonds is 4. The van der Waals surface area contributed by atoms with Crippen molar-refractivity contribution in [3.8, 4) is 0 Å². The van der Waals surface area contributed by atoms with Crippen LogP contribution in [-0.4, -0.2) is 19.6 Å². The molecule has 1 saturated carbocycles. The van der Waals surface area contributed by atoms with E-state index < -0.39 is 10.4 Å². The van der Waals surface area contributed by atoms with Crippen LogP contribution < -0.4 is 0 Å². The number of hydrogen-bond donors (Lipinski definition) is 1. The minimum Gasteiger partial charge on any atom is -0.264 e. The van der Waals surface area contributed by atoms with Crippen LogP contribution in [0.4, 0.5) is 0 Å². The lowest BCUT2D eigenvalue weighted by atomic mass is 9.87. The molecule has 0 bridgehead atoms. The molecule has 1 rings (SSSR count). The molecule has 1 aliphatic carbocycles. The van der Waals surface area contributed by atoms with E-state index in [1.165, 1.54) is 19.3 Å². The Bertz CT molecular complexity index is 229. The highest BCUT2D eigenvalue weighted by Gasteiger charge is 2.14. The Kier molecular flexibility index (Phi) is 4.15. The van der Waals surface area contributed by atoms with E-state index in [9.17, 15) is 8.42 Å². The molecule has 0 aromatic rings. The van der Waals surface area contributed by atoms with Gasteiger partial charge in [0.25, 0.3) is 0 Å². The van der Waals surface area contributed by atoms with Gasteiger partial charge in [-0.3, -0.25) is 4.55 Å². The second kappa shape index (κ2) is 4.93. The molecule has 0 saturated heterocycles. The molecule has 0 unspecified atom stereocenters. The summed E-state index contributed by atoms with van der Waals surface area (Å²) in [5.41, 5.74) is 0. The Hall–Kier alpha value is -0.130. The van der Waals surface area contributed by atoms with Gasteiger partial charge in [-0.2, -0.15) is 8.42 Å². The third-order valence-corrected chi connectivity index (χ3v) is 2.95. The summed E-state index contributed by atoms with van der Waals surface area (Å²) in [5.74, 6) is 0.579. The zero-order chi connectivity index (χ0) is 9.73. The predicted molar refractivity (Wildman–Crippen MR) is 48.7 cm³/mol. The molecule has 0 amide bonds. The van der Waals surface area contributed by atoms with Crippen LogP contribution >= 0.6 is 0 Å². The van der Waals surface area contributed by atoms with E-state index in [2.05, 4.69) is 4.18 Å². The molecule has 0 spiro atoms. The SMILES string of the molecule is O=S(=O)(O)OCCC1CCCCC1. The maximum absolute atomic E-state index is 10.2. The molecule has 0 aliphatic heterocycles. The van der Waals surface area contributed by atoms with Crippen LogP contribution in [0.5, 0.6) is 0 Å². The first-order valence-corrected chi connectivity index (χ1v) is 6.06. The summed E-state index contributed by atoms with van der Waals surface area (Å²) < 4.78 is 33.0. The lowest BCUT2D eigenvalue weighted by Crippen LogP contribution is -2.12. The van der Waals surface area contributed by atoms with Crippen molar-refractivity contribution in [1.29, 1.82) is 0 Å². The van der Waals surface area contributed by atoms with E-state index in [0.717, 1.165) is 19.3 Å². The maximum Gasteiger partial charge on any atom is 0.397 e. The van der Waals surface area contributed by atoms with Crippen molar-refractivity contribution < 1.29 is 17.2 Å². The van der Waals surface area contributed by atoms with Gasteiger partial charge in [0.1, 0.15) is 0 Å². The van der Waals surface area contributed by atoms with Gasteiger partial charge in [-0.15, -0.1) is 0 Å². The predicted octanol–water partition coefficient (Wildman–Crippen LogP) is 1.78. The van der Waals surface area contributed by atoms with E-state index in [1.54, 1.807) is 0 Å². The summed E-state index contributed by atoms with van der Waals surface area (Å²) in [7, 11) is -4.22. The largest absolute Gasteiger partial charge is 0.397 e. The fraction of sp³-hybridized carbons (Fsp3) is 1.00. The van der Waals surface area contributed by atoms with Gasteiger partial charge < -0.3 is 0 Å². The fourth-order valence-electron chi connectivity index (χ4n) is 1.80. The highest BCUT2D eigenvalue weighted by molar-refractivity contribution is 7.80. The zero-order valence-corrected chi connectivity index (χ0v) is 8.42. The molecule has 13 heavy (non-hydrogen) atoms. The third kappa shape index (κ3) is 5.23. The van der Waals surface area contributed by atoms with Crippen molar-refractivity contribution in [1.82, 2.24) is 0 Å². The Balaban J connectivity index is 2.11. The van der Waals surface area contributed by atoms with E-state index in [4.69, 9.17) is 4.55 Å². The molecule has 0 heterocycles.